The fourth-order valence-electron chi connectivity index (χ4n) is 2.59. The predicted molar refractivity (Wildman–Crippen MR) is 75.6 cm³/mol. The molecule has 2 N–H and O–H groups in total. The summed E-state index contributed by atoms with van der Waals surface area (Å²) in [5.74, 6) is 0.134. The smallest absolute Gasteiger partial charge is 0.237 e. The molecule has 1 fully saturated rings. The highest BCUT2D eigenvalue weighted by Crippen LogP contribution is 2.14. The number of likely N-dealkylation sites (N-methyl/N-ethyl adjacent to an activating group) is 1. The summed E-state index contributed by atoms with van der Waals surface area (Å²) in [6, 6.07) is 0.434. The van der Waals surface area contributed by atoms with Gasteiger partial charge in [-0.05, 0) is 53.6 Å². The van der Waals surface area contributed by atoms with E-state index in [1.807, 2.05) is 27.7 Å². The lowest BCUT2D eigenvalue weighted by Crippen LogP contribution is -2.56. The highest BCUT2D eigenvalue weighted by molar-refractivity contribution is 5.82. The summed E-state index contributed by atoms with van der Waals surface area (Å²) in [4.78, 5) is 14.5. The monoisotopic (exact) mass is 255 g/mol. The first kappa shape index (κ1) is 15.4. The average molecular weight is 255 g/mol. The van der Waals surface area contributed by atoms with Crippen LogP contribution < -0.4 is 10.6 Å². The van der Waals surface area contributed by atoms with Crippen molar-refractivity contribution in [2.24, 2.45) is 0 Å². The normalized spacial score (nSPS) is 22.9. The molecule has 106 valence electrons. The average Bonchev–Trinajstić information content (AvgIpc) is 2.29. The van der Waals surface area contributed by atoms with Gasteiger partial charge in [-0.1, -0.05) is 6.92 Å². The molecule has 0 bridgehead atoms. The molecule has 1 aliphatic rings. The van der Waals surface area contributed by atoms with Crippen molar-refractivity contribution in [3.8, 4) is 0 Å². The number of hydrogen-bond acceptors (Lipinski definition) is 3. The third kappa shape index (κ3) is 4.58. The summed E-state index contributed by atoms with van der Waals surface area (Å²) in [6.45, 7) is 13.2. The van der Waals surface area contributed by atoms with Gasteiger partial charge in [-0.2, -0.15) is 0 Å². The van der Waals surface area contributed by atoms with Crippen LogP contribution in [-0.4, -0.2) is 48.1 Å². The summed E-state index contributed by atoms with van der Waals surface area (Å²) in [7, 11) is 0. The second-order valence-electron chi connectivity index (χ2n) is 6.25. The number of rotatable bonds is 4. The maximum absolute atomic E-state index is 12.2. The van der Waals surface area contributed by atoms with Crippen LogP contribution in [0.3, 0.4) is 0 Å². The minimum absolute atomic E-state index is 0.0564. The fourth-order valence-corrected chi connectivity index (χ4v) is 2.59. The van der Waals surface area contributed by atoms with Crippen LogP contribution in [0.25, 0.3) is 0 Å². The molecule has 0 aromatic rings. The summed E-state index contributed by atoms with van der Waals surface area (Å²) in [5, 5.41) is 6.49. The molecule has 1 rings (SSSR count). The van der Waals surface area contributed by atoms with Gasteiger partial charge in [0.2, 0.25) is 5.91 Å². The summed E-state index contributed by atoms with van der Waals surface area (Å²) < 4.78 is 0. The lowest BCUT2D eigenvalue weighted by Gasteiger charge is -2.38. The van der Waals surface area contributed by atoms with E-state index in [-0.39, 0.29) is 17.5 Å². The topological polar surface area (TPSA) is 44.4 Å². The van der Waals surface area contributed by atoms with Gasteiger partial charge in [0.05, 0.1) is 6.04 Å². The van der Waals surface area contributed by atoms with Crippen LogP contribution in [0.15, 0.2) is 0 Å². The summed E-state index contributed by atoms with van der Waals surface area (Å²) in [6.07, 6.45) is 2.39. The molecule has 1 aliphatic heterocycles. The third-order valence-electron chi connectivity index (χ3n) is 3.48. The Balaban J connectivity index is 2.60. The molecule has 4 nitrogen and oxygen atoms in total. The standard InChI is InChI=1S/C14H29N3O/c1-6-17(12-8-7-9-15-10-12)11(2)13(18)16-14(3,4)5/h11-12,15H,6-10H2,1-5H3,(H,16,18). The van der Waals surface area contributed by atoms with Crippen molar-refractivity contribution in [3.05, 3.63) is 0 Å². The van der Waals surface area contributed by atoms with Gasteiger partial charge in [0, 0.05) is 18.1 Å². The maximum Gasteiger partial charge on any atom is 0.237 e. The van der Waals surface area contributed by atoms with Crippen molar-refractivity contribution in [2.45, 2.75) is 65.1 Å². The van der Waals surface area contributed by atoms with Crippen LogP contribution in [0, 0.1) is 0 Å². The highest BCUT2D eigenvalue weighted by Gasteiger charge is 2.29. The van der Waals surface area contributed by atoms with Crippen LogP contribution >= 0.6 is 0 Å². The Hall–Kier alpha value is -0.610. The zero-order valence-electron chi connectivity index (χ0n) is 12.5. The minimum Gasteiger partial charge on any atom is -0.350 e. The SMILES string of the molecule is CCN(C1CCCNC1)C(C)C(=O)NC(C)(C)C. The van der Waals surface area contributed by atoms with E-state index >= 15 is 0 Å². The van der Waals surface area contributed by atoms with Gasteiger partial charge in [-0.3, -0.25) is 9.69 Å². The first-order valence-electron chi connectivity index (χ1n) is 7.13. The van der Waals surface area contributed by atoms with E-state index < -0.39 is 0 Å². The van der Waals surface area contributed by atoms with E-state index in [1.165, 1.54) is 12.8 Å². The molecule has 0 aromatic heterocycles. The molecule has 1 heterocycles. The number of hydrogen-bond donors (Lipinski definition) is 2. The van der Waals surface area contributed by atoms with Crippen LogP contribution in [0.5, 0.6) is 0 Å². The zero-order chi connectivity index (χ0) is 13.8. The number of carbonyl (C=O) groups excluding carboxylic acids is 1. The van der Waals surface area contributed by atoms with Gasteiger partial charge >= 0.3 is 0 Å². The lowest BCUT2D eigenvalue weighted by molar-refractivity contribution is -0.128. The third-order valence-corrected chi connectivity index (χ3v) is 3.48. The van der Waals surface area contributed by atoms with Gasteiger partial charge in [0.15, 0.2) is 0 Å². The Morgan fingerprint density at radius 2 is 2.17 bits per heavy atom. The molecule has 0 aromatic carbocycles. The molecule has 1 saturated heterocycles. The van der Waals surface area contributed by atoms with Crippen molar-refractivity contribution >= 4 is 5.91 Å². The molecule has 2 unspecified atom stereocenters. The molecule has 0 radical (unpaired) electrons. The van der Waals surface area contributed by atoms with Gasteiger partial charge in [-0.15, -0.1) is 0 Å². The second kappa shape index (κ2) is 6.53. The highest BCUT2D eigenvalue weighted by atomic mass is 16.2. The van der Waals surface area contributed by atoms with Crippen molar-refractivity contribution in [2.75, 3.05) is 19.6 Å². The first-order chi connectivity index (χ1) is 8.35. The van der Waals surface area contributed by atoms with Gasteiger partial charge < -0.3 is 10.6 Å². The quantitative estimate of drug-likeness (QED) is 0.797. The van der Waals surface area contributed by atoms with Crippen molar-refractivity contribution in [1.82, 2.24) is 15.5 Å². The Morgan fingerprint density at radius 1 is 1.50 bits per heavy atom. The van der Waals surface area contributed by atoms with Gasteiger partial charge in [-0.25, -0.2) is 0 Å². The molecule has 18 heavy (non-hydrogen) atoms. The number of carbonyl (C=O) groups is 1. The Labute approximate surface area is 111 Å². The van der Waals surface area contributed by atoms with E-state index in [2.05, 4.69) is 22.5 Å². The zero-order valence-corrected chi connectivity index (χ0v) is 12.5. The summed E-state index contributed by atoms with van der Waals surface area (Å²) in [5.41, 5.74) is -0.157. The molecule has 0 saturated carbocycles. The predicted octanol–water partition coefficient (Wildman–Crippen LogP) is 1.36. The molecular weight excluding hydrogens is 226 g/mol. The molecule has 4 heteroatoms. The summed E-state index contributed by atoms with van der Waals surface area (Å²) >= 11 is 0. The number of nitrogens with one attached hydrogen (secondary N) is 2. The number of piperidine rings is 1. The van der Waals surface area contributed by atoms with Gasteiger partial charge in [0.25, 0.3) is 0 Å². The first-order valence-corrected chi connectivity index (χ1v) is 7.13. The van der Waals surface area contributed by atoms with Crippen LogP contribution in [-0.2, 0) is 4.79 Å². The molecule has 1 amide bonds. The van der Waals surface area contributed by atoms with E-state index in [0.29, 0.717) is 6.04 Å². The Kier molecular flexibility index (Phi) is 5.60. The number of amides is 1. The lowest BCUT2D eigenvalue weighted by atomic mass is 10.0. The fraction of sp³-hybridized carbons (Fsp3) is 0.929. The van der Waals surface area contributed by atoms with E-state index in [4.69, 9.17) is 0 Å². The minimum atomic E-state index is -0.157. The second-order valence-corrected chi connectivity index (χ2v) is 6.25. The van der Waals surface area contributed by atoms with Gasteiger partial charge in [0.1, 0.15) is 0 Å². The van der Waals surface area contributed by atoms with Crippen molar-refractivity contribution in [3.63, 3.8) is 0 Å². The van der Waals surface area contributed by atoms with Crippen molar-refractivity contribution < 1.29 is 4.79 Å². The molecule has 0 spiro atoms. The van der Waals surface area contributed by atoms with Crippen molar-refractivity contribution in [1.29, 1.82) is 0 Å². The van der Waals surface area contributed by atoms with E-state index in [1.54, 1.807) is 0 Å². The van der Waals surface area contributed by atoms with Crippen LogP contribution in [0.4, 0.5) is 0 Å². The van der Waals surface area contributed by atoms with Crippen LogP contribution in [0.1, 0.15) is 47.5 Å². The Bertz CT molecular complexity index is 267. The number of nitrogens with zero attached hydrogens (tertiary/aromatic N) is 1. The Morgan fingerprint density at radius 3 is 2.61 bits per heavy atom. The van der Waals surface area contributed by atoms with Crippen LogP contribution in [0.2, 0.25) is 0 Å². The maximum atomic E-state index is 12.2. The molecular formula is C14H29N3O. The van der Waals surface area contributed by atoms with E-state index in [0.717, 1.165) is 19.6 Å². The molecule has 2 atom stereocenters. The van der Waals surface area contributed by atoms with E-state index in [9.17, 15) is 4.79 Å². The largest absolute Gasteiger partial charge is 0.350 e. The molecule has 0 aliphatic carbocycles.